The first kappa shape index (κ1) is 26.8. The van der Waals surface area contributed by atoms with E-state index < -0.39 is 7.82 Å². The average molecular weight is 407 g/mol. The molecule has 0 amide bonds. The van der Waals surface area contributed by atoms with E-state index in [-0.39, 0.29) is 13.2 Å². The first-order valence-electron chi connectivity index (χ1n) is 10.8. The van der Waals surface area contributed by atoms with Gasteiger partial charge < -0.3 is 9.38 Å². The summed E-state index contributed by atoms with van der Waals surface area (Å²) < 4.78 is 22.4. The number of unbranched alkanes of at least 4 members (excludes halogenated alkanes) is 10. The average Bonchev–Trinajstić information content (AvgIpc) is 2.57. The van der Waals surface area contributed by atoms with Crippen LogP contribution in [-0.4, -0.2) is 50.3 Å². The first-order chi connectivity index (χ1) is 12.8. The van der Waals surface area contributed by atoms with Crippen LogP contribution in [-0.2, 0) is 13.6 Å². The maximum Gasteiger partial charge on any atom is 0.472 e. The zero-order valence-electron chi connectivity index (χ0n) is 18.3. The van der Waals surface area contributed by atoms with Crippen molar-refractivity contribution < 1.29 is 23.0 Å². The summed E-state index contributed by atoms with van der Waals surface area (Å²) in [6.07, 6.45) is 19.2. The van der Waals surface area contributed by atoms with Crippen molar-refractivity contribution in [2.24, 2.45) is 0 Å². The van der Waals surface area contributed by atoms with Gasteiger partial charge in [0.1, 0.15) is 13.2 Å². The van der Waals surface area contributed by atoms with Crippen LogP contribution in [0.25, 0.3) is 0 Å². The third-order valence-electron chi connectivity index (χ3n) is 4.43. The van der Waals surface area contributed by atoms with Gasteiger partial charge in [-0.25, -0.2) is 4.57 Å². The van der Waals surface area contributed by atoms with Crippen LogP contribution in [0.3, 0.4) is 0 Å². The Kier molecular flexibility index (Phi) is 16.6. The number of phosphoric ester groups is 1. The van der Waals surface area contributed by atoms with Gasteiger partial charge in [0.25, 0.3) is 0 Å². The Morgan fingerprint density at radius 2 is 1.26 bits per heavy atom. The van der Waals surface area contributed by atoms with E-state index in [9.17, 15) is 9.46 Å². The molecule has 27 heavy (non-hydrogen) atoms. The highest BCUT2D eigenvalue weighted by molar-refractivity contribution is 7.47. The largest absolute Gasteiger partial charge is 0.472 e. The Hall–Kier alpha value is -0.190. The monoisotopic (exact) mass is 406 g/mol. The summed E-state index contributed by atoms with van der Waals surface area (Å²) in [6, 6.07) is 0. The Labute approximate surface area is 168 Å². The van der Waals surface area contributed by atoms with E-state index in [4.69, 9.17) is 9.05 Å². The lowest BCUT2D eigenvalue weighted by atomic mass is 10.1. The second-order valence-corrected chi connectivity index (χ2v) is 9.83. The van der Waals surface area contributed by atoms with Crippen molar-refractivity contribution in [1.82, 2.24) is 0 Å². The van der Waals surface area contributed by atoms with Crippen molar-refractivity contribution in [2.45, 2.75) is 84.0 Å². The van der Waals surface area contributed by atoms with Crippen LogP contribution < -0.4 is 0 Å². The third-order valence-corrected chi connectivity index (χ3v) is 5.44. The smallest absolute Gasteiger partial charge is 0.329 e. The molecule has 0 heterocycles. The molecule has 0 aromatic rings. The highest BCUT2D eigenvalue weighted by atomic mass is 31.2. The van der Waals surface area contributed by atoms with E-state index in [1.54, 1.807) is 0 Å². The predicted octanol–water partition coefficient (Wildman–Crippen LogP) is 6.08. The van der Waals surface area contributed by atoms with Gasteiger partial charge in [0, 0.05) is 0 Å². The van der Waals surface area contributed by atoms with Crippen molar-refractivity contribution in [3.05, 3.63) is 12.2 Å². The van der Waals surface area contributed by atoms with E-state index in [1.165, 1.54) is 51.4 Å². The molecule has 0 saturated heterocycles. The Balaban J connectivity index is 3.42. The molecule has 0 rings (SSSR count). The summed E-state index contributed by atoms with van der Waals surface area (Å²) in [5, 5.41) is 0. The molecule has 162 valence electrons. The molecule has 0 aromatic heterocycles. The predicted molar refractivity (Wildman–Crippen MR) is 115 cm³/mol. The molecule has 0 bridgehead atoms. The molecule has 1 unspecified atom stereocenters. The lowest BCUT2D eigenvalue weighted by Gasteiger charge is -2.24. The fourth-order valence-electron chi connectivity index (χ4n) is 2.64. The van der Waals surface area contributed by atoms with Gasteiger partial charge >= 0.3 is 7.82 Å². The van der Waals surface area contributed by atoms with Gasteiger partial charge in [0.05, 0.1) is 27.7 Å². The van der Waals surface area contributed by atoms with Gasteiger partial charge in [-0.05, 0) is 32.1 Å². The third kappa shape index (κ3) is 22.0. The summed E-state index contributed by atoms with van der Waals surface area (Å²) in [5.41, 5.74) is 0. The van der Waals surface area contributed by atoms with Gasteiger partial charge in [-0.3, -0.25) is 9.05 Å². The van der Waals surface area contributed by atoms with Crippen molar-refractivity contribution in [2.75, 3.05) is 40.9 Å². The van der Waals surface area contributed by atoms with Crippen LogP contribution in [0, 0.1) is 0 Å². The second-order valence-electron chi connectivity index (χ2n) is 8.38. The maximum absolute atomic E-state index is 11.7. The Bertz CT molecular complexity index is 407. The molecule has 0 saturated carbocycles. The zero-order valence-corrected chi connectivity index (χ0v) is 19.2. The molecular formula is C21H45NO4P+. The quantitative estimate of drug-likeness (QED) is 0.122. The fourth-order valence-corrected chi connectivity index (χ4v) is 3.39. The van der Waals surface area contributed by atoms with Gasteiger partial charge in [-0.2, -0.15) is 0 Å². The molecule has 6 heteroatoms. The van der Waals surface area contributed by atoms with E-state index in [0.29, 0.717) is 11.0 Å². The molecule has 1 N–H and O–H groups in total. The molecule has 0 aliphatic rings. The number of hydrogen-bond donors (Lipinski definition) is 1. The zero-order chi connectivity index (χ0) is 20.4. The Morgan fingerprint density at radius 1 is 0.778 bits per heavy atom. The number of rotatable bonds is 19. The van der Waals surface area contributed by atoms with Crippen LogP contribution in [0.1, 0.15) is 84.0 Å². The van der Waals surface area contributed by atoms with Gasteiger partial charge in [0.2, 0.25) is 0 Å². The molecule has 0 spiro atoms. The lowest BCUT2D eigenvalue weighted by molar-refractivity contribution is -0.870. The molecule has 1 atom stereocenters. The van der Waals surface area contributed by atoms with Crippen molar-refractivity contribution in [3.8, 4) is 0 Å². The molecule has 0 aliphatic carbocycles. The normalized spacial score (nSPS) is 14.7. The highest BCUT2D eigenvalue weighted by Crippen LogP contribution is 2.43. The number of phosphoric acid groups is 1. The van der Waals surface area contributed by atoms with Crippen LogP contribution in [0.15, 0.2) is 12.2 Å². The standard InChI is InChI=1S/C21H44NO4P/c1-5-6-7-8-9-10-11-12-13-14-15-16-17-18-20-25-27(23,24)26-21-19-22(2,3)4/h13-14H,5-12,15-21H2,1-4H3/p+1/b14-13-. The van der Waals surface area contributed by atoms with Gasteiger partial charge in [-0.15, -0.1) is 0 Å². The fraction of sp³-hybridized carbons (Fsp3) is 0.905. The van der Waals surface area contributed by atoms with Gasteiger partial charge in [0.15, 0.2) is 0 Å². The van der Waals surface area contributed by atoms with Crippen LogP contribution >= 0.6 is 7.82 Å². The van der Waals surface area contributed by atoms with Gasteiger partial charge in [-0.1, -0.05) is 64.0 Å². The van der Waals surface area contributed by atoms with E-state index in [1.807, 2.05) is 21.1 Å². The topological polar surface area (TPSA) is 55.8 Å². The number of nitrogens with zero attached hydrogens (tertiary/aromatic N) is 1. The van der Waals surface area contributed by atoms with E-state index in [2.05, 4.69) is 19.1 Å². The van der Waals surface area contributed by atoms with Crippen molar-refractivity contribution >= 4 is 7.82 Å². The van der Waals surface area contributed by atoms with Crippen LogP contribution in [0.5, 0.6) is 0 Å². The SMILES string of the molecule is CCCCCCCCC/C=C\CCCCCOP(=O)(O)OCC[N+](C)(C)C. The minimum atomic E-state index is -3.89. The van der Waals surface area contributed by atoms with Crippen molar-refractivity contribution in [3.63, 3.8) is 0 Å². The number of quaternary nitrogens is 1. The molecule has 0 aromatic carbocycles. The Morgan fingerprint density at radius 3 is 1.81 bits per heavy atom. The minimum Gasteiger partial charge on any atom is -0.329 e. The number of likely N-dealkylation sites (N-methyl/N-ethyl adjacent to an activating group) is 1. The van der Waals surface area contributed by atoms with Crippen LogP contribution in [0.2, 0.25) is 0 Å². The summed E-state index contributed by atoms with van der Waals surface area (Å²) in [4.78, 5) is 9.61. The first-order valence-corrected chi connectivity index (χ1v) is 12.3. The number of hydrogen-bond acceptors (Lipinski definition) is 3. The lowest BCUT2D eigenvalue weighted by Crippen LogP contribution is -2.37. The van der Waals surface area contributed by atoms with E-state index >= 15 is 0 Å². The minimum absolute atomic E-state index is 0.223. The summed E-state index contributed by atoms with van der Waals surface area (Å²) in [6.45, 7) is 3.42. The van der Waals surface area contributed by atoms with E-state index in [0.717, 1.165) is 25.7 Å². The summed E-state index contributed by atoms with van der Waals surface area (Å²) in [5.74, 6) is 0. The highest BCUT2D eigenvalue weighted by Gasteiger charge is 2.21. The summed E-state index contributed by atoms with van der Waals surface area (Å²) in [7, 11) is 2.14. The molecule has 0 aliphatic heterocycles. The molecule has 5 nitrogen and oxygen atoms in total. The maximum atomic E-state index is 11.7. The second kappa shape index (κ2) is 16.7. The molecular weight excluding hydrogens is 361 g/mol. The molecule has 0 radical (unpaired) electrons. The van der Waals surface area contributed by atoms with Crippen molar-refractivity contribution in [1.29, 1.82) is 0 Å². The summed E-state index contributed by atoms with van der Waals surface area (Å²) >= 11 is 0. The molecule has 0 fully saturated rings. The van der Waals surface area contributed by atoms with Crippen LogP contribution in [0.4, 0.5) is 0 Å². The number of allylic oxidation sites excluding steroid dienone is 2.